The highest BCUT2D eigenvalue weighted by Crippen LogP contribution is 2.64. The predicted octanol–water partition coefficient (Wildman–Crippen LogP) is 2.84. The van der Waals surface area contributed by atoms with Gasteiger partial charge in [0.15, 0.2) is 13.0 Å². The summed E-state index contributed by atoms with van der Waals surface area (Å²) in [5.74, 6) is -0.228. The molecule has 1 aromatic carbocycles. The lowest BCUT2D eigenvalue weighted by Crippen LogP contribution is -2.84. The molecule has 0 spiro atoms. The van der Waals surface area contributed by atoms with Crippen molar-refractivity contribution < 1.29 is 45.7 Å². The molecule has 0 radical (unpaired) electrons. The van der Waals surface area contributed by atoms with Crippen molar-refractivity contribution in [2.24, 2.45) is 0 Å². The lowest BCUT2D eigenvalue weighted by Gasteiger charge is -2.73. The number of nitrogens with one attached hydrogen (secondary N) is 1. The van der Waals surface area contributed by atoms with Gasteiger partial charge in [-0.05, 0) is 56.4 Å². The van der Waals surface area contributed by atoms with E-state index in [0.29, 0.717) is 32.4 Å². The number of carbonyl (C=O) groups is 1. The molecule has 1 aliphatic heterocycles. The van der Waals surface area contributed by atoms with Crippen LogP contribution in [0.2, 0.25) is 0 Å². The number of nitrogens with zero attached hydrogens (tertiary/aromatic N) is 2. The molecule has 1 saturated heterocycles. The minimum absolute atomic E-state index is 0.154. The van der Waals surface area contributed by atoms with E-state index in [-0.39, 0.29) is 42.7 Å². The highest BCUT2D eigenvalue weighted by molar-refractivity contribution is 5.79. The molecule has 4 saturated carbocycles. The predicted molar refractivity (Wildman–Crippen MR) is 108 cm³/mol. The highest BCUT2D eigenvalue weighted by atomic mass is 19.4. The third-order valence-corrected chi connectivity index (χ3v) is 7.58. The number of ether oxygens (including phenoxy) is 2. The Morgan fingerprint density at radius 1 is 1.06 bits per heavy atom. The summed E-state index contributed by atoms with van der Waals surface area (Å²) >= 11 is 0. The first kappa shape index (κ1) is 24.6. The summed E-state index contributed by atoms with van der Waals surface area (Å²) < 4.78 is 84.2. The maximum Gasteiger partial charge on any atom is 0.522 e. The smallest absolute Gasteiger partial charge is 0.484 e. The van der Waals surface area contributed by atoms with Gasteiger partial charge in [-0.1, -0.05) is 0 Å². The fourth-order valence-electron chi connectivity index (χ4n) is 5.97. The van der Waals surface area contributed by atoms with Crippen LogP contribution in [0.25, 0.3) is 0 Å². The number of aliphatic hydroxyl groups excluding tert-OH is 1. The fourth-order valence-corrected chi connectivity index (χ4v) is 5.97. The zero-order valence-electron chi connectivity index (χ0n) is 18.5. The van der Waals surface area contributed by atoms with Crippen molar-refractivity contribution in [3.05, 3.63) is 29.8 Å². The lowest BCUT2D eigenvalue weighted by molar-refractivity contribution is -0.355. The zero-order valence-corrected chi connectivity index (χ0v) is 18.5. The van der Waals surface area contributed by atoms with Crippen LogP contribution in [0.1, 0.15) is 37.7 Å². The molecule has 1 aromatic rings. The van der Waals surface area contributed by atoms with Crippen LogP contribution in [0.4, 0.5) is 26.3 Å². The Kier molecular flexibility index (Phi) is 5.78. The van der Waals surface area contributed by atoms with Crippen LogP contribution < -0.4 is 10.1 Å². The summed E-state index contributed by atoms with van der Waals surface area (Å²) in [4.78, 5) is 16.1. The molecule has 2 bridgehead atoms. The molecule has 13 heteroatoms. The van der Waals surface area contributed by atoms with Crippen LogP contribution in [0.3, 0.4) is 0 Å². The van der Waals surface area contributed by atoms with Crippen molar-refractivity contribution in [1.29, 1.82) is 0 Å². The Labute approximate surface area is 196 Å². The molecule has 1 atom stereocenters. The number of alkyl halides is 6. The van der Waals surface area contributed by atoms with Gasteiger partial charge in [-0.15, -0.1) is 13.2 Å². The summed E-state index contributed by atoms with van der Waals surface area (Å²) in [6.45, 7) is 0.805. The highest BCUT2D eigenvalue weighted by Gasteiger charge is 2.72. The summed E-state index contributed by atoms with van der Waals surface area (Å²) in [6, 6.07) is 3.93. The van der Waals surface area contributed by atoms with Gasteiger partial charge in [0.05, 0.1) is 11.7 Å². The van der Waals surface area contributed by atoms with E-state index in [1.807, 2.05) is 4.90 Å². The largest absolute Gasteiger partial charge is 0.522 e. The van der Waals surface area contributed by atoms with E-state index in [1.54, 1.807) is 4.90 Å². The summed E-state index contributed by atoms with van der Waals surface area (Å²) in [6.07, 6.45) is -8.50. The van der Waals surface area contributed by atoms with Crippen LogP contribution in [0, 0.1) is 0 Å². The molecule has 1 heterocycles. The molecule has 194 valence electrons. The summed E-state index contributed by atoms with van der Waals surface area (Å²) in [7, 11) is 0. The van der Waals surface area contributed by atoms with E-state index in [0.717, 1.165) is 24.3 Å². The standard InChI is InChI=1S/C22H25F6N3O4/c23-21(24,25)13-1-3-15(4-2-13)34-9-17(32)29-19-10-20(11-19,12-19)31-6-5-30(18(31)33)14-7-16(8-14)35-22(26,27)28/h1-4,14,16,18,33H,5-12H2,(H,29,32)/t14-,16-,18?,19?,20?. The van der Waals surface area contributed by atoms with Crippen molar-refractivity contribution in [3.63, 3.8) is 0 Å². The Hall–Kier alpha value is -2.09. The van der Waals surface area contributed by atoms with Gasteiger partial charge in [-0.3, -0.25) is 19.3 Å². The minimum Gasteiger partial charge on any atom is -0.484 e. The monoisotopic (exact) mass is 509 g/mol. The molecule has 1 amide bonds. The van der Waals surface area contributed by atoms with Gasteiger partial charge < -0.3 is 15.2 Å². The van der Waals surface area contributed by atoms with Crippen molar-refractivity contribution in [2.45, 2.75) is 74.2 Å². The van der Waals surface area contributed by atoms with E-state index >= 15 is 0 Å². The average Bonchev–Trinajstić information content (AvgIpc) is 3.04. The Morgan fingerprint density at radius 2 is 1.69 bits per heavy atom. The molecule has 35 heavy (non-hydrogen) atoms. The van der Waals surface area contributed by atoms with Gasteiger partial charge in [0.1, 0.15) is 5.75 Å². The topological polar surface area (TPSA) is 74.3 Å². The van der Waals surface area contributed by atoms with E-state index in [2.05, 4.69) is 10.1 Å². The number of aliphatic hydroxyl groups is 1. The van der Waals surface area contributed by atoms with Crippen LogP contribution in [-0.4, -0.2) is 76.4 Å². The van der Waals surface area contributed by atoms with Gasteiger partial charge in [-0.2, -0.15) is 13.2 Å². The van der Waals surface area contributed by atoms with Crippen LogP contribution in [-0.2, 0) is 15.7 Å². The number of rotatable bonds is 7. The van der Waals surface area contributed by atoms with Gasteiger partial charge in [-0.25, -0.2) is 0 Å². The molecular weight excluding hydrogens is 484 g/mol. The lowest BCUT2D eigenvalue weighted by atomic mass is 9.43. The van der Waals surface area contributed by atoms with Gasteiger partial charge in [0.25, 0.3) is 5.91 Å². The number of hydrogen-bond donors (Lipinski definition) is 2. The van der Waals surface area contributed by atoms with Crippen LogP contribution >= 0.6 is 0 Å². The van der Waals surface area contributed by atoms with Crippen LogP contribution in [0.5, 0.6) is 5.75 Å². The molecule has 1 unspecified atom stereocenters. The average molecular weight is 509 g/mol. The first-order valence-electron chi connectivity index (χ1n) is 11.3. The van der Waals surface area contributed by atoms with E-state index in [1.165, 1.54) is 0 Å². The number of carbonyl (C=O) groups excluding carboxylic acids is 1. The second-order valence-electron chi connectivity index (χ2n) is 9.98. The van der Waals surface area contributed by atoms with Gasteiger partial charge >= 0.3 is 12.5 Å². The third-order valence-electron chi connectivity index (χ3n) is 7.58. The van der Waals surface area contributed by atoms with Gasteiger partial charge in [0, 0.05) is 30.2 Å². The Morgan fingerprint density at radius 3 is 2.26 bits per heavy atom. The van der Waals surface area contributed by atoms with Gasteiger partial charge in [0.2, 0.25) is 0 Å². The maximum absolute atomic E-state index is 12.6. The van der Waals surface area contributed by atoms with Crippen LogP contribution in [0.15, 0.2) is 24.3 Å². The molecule has 6 rings (SSSR count). The van der Waals surface area contributed by atoms with Crippen molar-refractivity contribution >= 4 is 5.91 Å². The fraction of sp³-hybridized carbons (Fsp3) is 0.682. The quantitative estimate of drug-likeness (QED) is 0.551. The summed E-state index contributed by atoms with van der Waals surface area (Å²) in [5, 5.41) is 13.7. The van der Waals surface area contributed by atoms with E-state index in [4.69, 9.17) is 4.74 Å². The molecule has 4 aliphatic carbocycles. The molecule has 5 fully saturated rings. The maximum atomic E-state index is 12.6. The Bertz CT molecular complexity index is 944. The Balaban J connectivity index is 1.05. The second kappa shape index (κ2) is 8.22. The number of benzene rings is 1. The number of amides is 1. The molecule has 0 aromatic heterocycles. The van der Waals surface area contributed by atoms with Crippen molar-refractivity contribution in [3.8, 4) is 5.75 Å². The summed E-state index contributed by atoms with van der Waals surface area (Å²) in [5.41, 5.74) is -1.44. The van der Waals surface area contributed by atoms with E-state index in [9.17, 15) is 36.2 Å². The molecular formula is C22H25F6N3O4. The minimum atomic E-state index is -4.65. The number of hydrogen-bond acceptors (Lipinski definition) is 6. The number of halogens is 6. The molecule has 7 nitrogen and oxygen atoms in total. The third kappa shape index (κ3) is 4.70. The SMILES string of the molecule is O=C(COc1ccc(C(F)(F)F)cc1)NC12CC(N3CCN([C@H]4C[C@H](OC(F)(F)F)C4)C3O)(C1)C2. The zero-order chi connectivity index (χ0) is 25.2. The normalized spacial score (nSPS) is 35.1. The molecule has 5 aliphatic rings. The molecule has 2 N–H and O–H groups in total. The first-order valence-corrected chi connectivity index (χ1v) is 11.3. The van der Waals surface area contributed by atoms with Crippen molar-refractivity contribution in [2.75, 3.05) is 19.7 Å². The second-order valence-corrected chi connectivity index (χ2v) is 9.98. The first-order chi connectivity index (χ1) is 16.3. The van der Waals surface area contributed by atoms with E-state index < -0.39 is 36.1 Å². The van der Waals surface area contributed by atoms with Crippen molar-refractivity contribution in [1.82, 2.24) is 15.1 Å².